The van der Waals surface area contributed by atoms with Crippen LogP contribution >= 0.6 is 0 Å². The van der Waals surface area contributed by atoms with Gasteiger partial charge < -0.3 is 9.80 Å². The molecule has 2 heterocycles. The fourth-order valence-corrected chi connectivity index (χ4v) is 19.5. The number of hydrogen-bond donors (Lipinski definition) is 0. The first-order chi connectivity index (χ1) is 54.1. The molecule has 20 rings (SSSR count). The van der Waals surface area contributed by atoms with E-state index in [4.69, 9.17) is 0 Å². The summed E-state index contributed by atoms with van der Waals surface area (Å²) in [6, 6.07) is 138. The summed E-state index contributed by atoms with van der Waals surface area (Å²) in [5.74, 6) is 0. The number of aryl methyl sites for hydroxylation is 6. The molecule has 0 amide bonds. The van der Waals surface area contributed by atoms with Crippen LogP contribution in [0.5, 0.6) is 0 Å². The molecule has 0 saturated carbocycles. The molecule has 0 bridgehead atoms. The number of rotatable bonds is 12. The van der Waals surface area contributed by atoms with Crippen molar-refractivity contribution in [3.63, 3.8) is 0 Å². The zero-order chi connectivity index (χ0) is 73.8. The molecule has 18 aromatic rings. The number of anilines is 6. The Morgan fingerprint density at radius 2 is 0.464 bits per heavy atom. The van der Waals surface area contributed by atoms with Crippen molar-refractivity contribution in [2.24, 2.45) is 0 Å². The molecule has 0 radical (unpaired) electrons. The Kier molecular flexibility index (Phi) is 16.2. The number of para-hydroxylation sites is 4. The van der Waals surface area contributed by atoms with E-state index >= 15 is 0 Å². The van der Waals surface area contributed by atoms with E-state index in [1.54, 1.807) is 0 Å². The van der Waals surface area contributed by atoms with Gasteiger partial charge in [-0.05, 0) is 224 Å². The Balaban J connectivity index is 1.08. The molecule has 110 heavy (non-hydrogen) atoms. The quantitative estimate of drug-likeness (QED) is 0.0888. The summed E-state index contributed by atoms with van der Waals surface area (Å²) in [4.78, 5) is 5.31. The molecule has 2 aliphatic rings. The predicted octanol–water partition coefficient (Wildman–Crippen LogP) is 24.4. The minimum atomic E-state index is -0.236. The topological polar surface area (TPSA) is 6.48 Å². The van der Waals surface area contributed by atoms with Gasteiger partial charge in [-0.1, -0.05) is 348 Å². The first-order valence-electron chi connectivity index (χ1n) is 38.7. The normalized spacial score (nSPS) is 12.4. The van der Waals surface area contributed by atoms with Crippen LogP contribution in [0.15, 0.2) is 364 Å². The second kappa shape index (κ2) is 26.9. The highest BCUT2D eigenvalue weighted by Crippen LogP contribution is 2.57. The van der Waals surface area contributed by atoms with Crippen LogP contribution in [0.2, 0.25) is 0 Å². The Hall–Kier alpha value is -13.3. The summed E-state index contributed by atoms with van der Waals surface area (Å²) in [7, 11) is 0. The fraction of sp³-hybridized carbons (Fsp3) is 0.0566. The van der Waals surface area contributed by atoms with Gasteiger partial charge in [-0.15, -0.1) is 0 Å². The minimum Gasteiger partial charge on any atom is -0.311 e. The molecule has 0 atom stereocenters. The summed E-state index contributed by atoms with van der Waals surface area (Å²) in [5.41, 5.74) is 40.9. The fourth-order valence-electron chi connectivity index (χ4n) is 19.5. The first-order valence-corrected chi connectivity index (χ1v) is 38.7. The molecule has 0 fully saturated rings. The van der Waals surface area contributed by atoms with Crippen LogP contribution in [-0.4, -0.2) is 13.4 Å². The lowest BCUT2D eigenvalue weighted by atomic mass is 9.32. The van der Waals surface area contributed by atoms with Gasteiger partial charge in [0.25, 0.3) is 0 Å². The third kappa shape index (κ3) is 10.7. The van der Waals surface area contributed by atoms with Gasteiger partial charge in [0.05, 0.1) is 0 Å². The van der Waals surface area contributed by atoms with E-state index in [9.17, 15) is 0 Å². The van der Waals surface area contributed by atoms with Gasteiger partial charge in [-0.2, -0.15) is 0 Å². The number of nitrogens with zero attached hydrogens (tertiary/aromatic N) is 2. The van der Waals surface area contributed by atoms with Crippen molar-refractivity contribution in [2.75, 3.05) is 9.80 Å². The van der Waals surface area contributed by atoms with Crippen molar-refractivity contribution in [3.05, 3.63) is 397 Å². The van der Waals surface area contributed by atoms with Crippen LogP contribution in [0.25, 0.3) is 121 Å². The maximum absolute atomic E-state index is 2.66. The smallest absolute Gasteiger partial charge is 0.248 e. The molecular weight excluding hydrogens is 1320 g/mol. The standard InChI is InChI=1S/C106H78B2N2/c1-67-59-69(3)101(70(4)60-67)107-91-51-31-33-53-93(91)109(81-47-27-13-28-48-81)105-85-57-56-84-96-86(58-55-83(95(85)96)99(103(105)107)97-87(75-39-19-9-20-40-75)63-79(73-35-15-7-16-36-73)64-88(97)76-41-21-10-22-42-76)106-104(108(102-71(5)61-68(2)62-72(102)6)92-52-32-34-54-94(92)110(106)82-49-29-14-30-50-82)100(84)98-89(77-43-23-11-24-44-77)65-80(74-37-17-8-18-38-74)66-90(98)78-45-25-12-26-46-78/h7-66H,1-6H3. The monoisotopic (exact) mass is 1400 g/mol. The van der Waals surface area contributed by atoms with Gasteiger partial charge in [0, 0.05) is 55.7 Å². The molecule has 18 aromatic carbocycles. The summed E-state index contributed by atoms with van der Waals surface area (Å²) in [6.45, 7) is 13.5. The van der Waals surface area contributed by atoms with Gasteiger partial charge in [0.15, 0.2) is 0 Å². The Morgan fingerprint density at radius 3 is 0.764 bits per heavy atom. The van der Waals surface area contributed by atoms with Crippen LogP contribution in [0, 0.1) is 41.5 Å². The highest BCUT2D eigenvalue weighted by Gasteiger charge is 2.45. The largest absolute Gasteiger partial charge is 0.311 e. The molecule has 0 aliphatic carbocycles. The van der Waals surface area contributed by atoms with Crippen LogP contribution < -0.4 is 42.6 Å². The van der Waals surface area contributed by atoms with E-state index in [-0.39, 0.29) is 13.4 Å². The van der Waals surface area contributed by atoms with Crippen LogP contribution in [0.1, 0.15) is 33.4 Å². The Morgan fingerprint density at radius 1 is 0.209 bits per heavy atom. The lowest BCUT2D eigenvalue weighted by Crippen LogP contribution is -2.59. The Labute approximate surface area is 646 Å². The molecule has 2 nitrogen and oxygen atoms in total. The van der Waals surface area contributed by atoms with Crippen molar-refractivity contribution >= 4 is 113 Å². The molecule has 0 aromatic heterocycles. The molecule has 2 aliphatic heterocycles. The van der Waals surface area contributed by atoms with E-state index in [0.717, 1.165) is 67.3 Å². The highest BCUT2D eigenvalue weighted by atomic mass is 15.2. The second-order valence-electron chi connectivity index (χ2n) is 30.4. The average Bonchev–Trinajstić information content (AvgIpc) is 0.669. The van der Waals surface area contributed by atoms with Gasteiger partial charge in [-0.3, -0.25) is 0 Å². The van der Waals surface area contributed by atoms with Gasteiger partial charge in [0.1, 0.15) is 0 Å². The third-order valence-corrected chi connectivity index (χ3v) is 23.7. The molecule has 518 valence electrons. The summed E-state index contributed by atoms with van der Waals surface area (Å²) < 4.78 is 0. The maximum atomic E-state index is 2.66. The molecule has 0 N–H and O–H groups in total. The van der Waals surface area contributed by atoms with Crippen LogP contribution in [0.3, 0.4) is 0 Å². The van der Waals surface area contributed by atoms with Crippen molar-refractivity contribution in [2.45, 2.75) is 41.5 Å². The summed E-state index contributed by atoms with van der Waals surface area (Å²) in [6.07, 6.45) is 0. The zero-order valence-electron chi connectivity index (χ0n) is 62.7. The second-order valence-corrected chi connectivity index (χ2v) is 30.4. The SMILES string of the molecule is Cc1cc(C)c(B2c3ccccc3N(c3ccccc3)c3c2c(-c2c(-c4ccccc4)cc(-c4ccccc4)cc2-c2ccccc2)c2ccc4c5c(c(-c6c(-c7ccccc7)cc(-c7ccccc7)cc6-c6ccccc6)c6ccc3c2c64)B(c2c(C)cc(C)cc2C)c2ccccc2N5c2ccccc2)c(C)c1. The summed E-state index contributed by atoms with van der Waals surface area (Å²) >= 11 is 0. The molecule has 4 heteroatoms. The summed E-state index contributed by atoms with van der Waals surface area (Å²) in [5, 5.41) is 7.20. The molecule has 0 saturated heterocycles. The van der Waals surface area contributed by atoms with Crippen molar-refractivity contribution in [3.8, 4) is 89.0 Å². The van der Waals surface area contributed by atoms with E-state index in [2.05, 4.69) is 415 Å². The van der Waals surface area contributed by atoms with Crippen molar-refractivity contribution < 1.29 is 0 Å². The average molecular weight is 1400 g/mol. The van der Waals surface area contributed by atoms with Crippen LogP contribution in [0.4, 0.5) is 34.1 Å². The number of benzene rings is 18. The first kappa shape index (κ1) is 66.2. The van der Waals surface area contributed by atoms with E-state index < -0.39 is 0 Å². The van der Waals surface area contributed by atoms with Crippen LogP contribution in [-0.2, 0) is 0 Å². The van der Waals surface area contributed by atoms with E-state index in [0.29, 0.717) is 0 Å². The predicted molar refractivity (Wildman–Crippen MR) is 474 cm³/mol. The van der Waals surface area contributed by atoms with Crippen molar-refractivity contribution in [1.82, 2.24) is 0 Å². The minimum absolute atomic E-state index is 0.236. The Bertz CT molecular complexity index is 6050. The lowest BCUT2D eigenvalue weighted by Gasteiger charge is -2.42. The lowest BCUT2D eigenvalue weighted by molar-refractivity contribution is 1.30. The highest BCUT2D eigenvalue weighted by molar-refractivity contribution is 7.01. The number of hydrogen-bond acceptors (Lipinski definition) is 2. The van der Waals surface area contributed by atoms with Gasteiger partial charge in [-0.25, -0.2) is 0 Å². The van der Waals surface area contributed by atoms with E-state index in [1.807, 2.05) is 0 Å². The number of fused-ring (bicyclic) bond motifs is 6. The van der Waals surface area contributed by atoms with Gasteiger partial charge >= 0.3 is 0 Å². The van der Waals surface area contributed by atoms with Crippen molar-refractivity contribution in [1.29, 1.82) is 0 Å². The molecule has 0 unspecified atom stereocenters. The van der Waals surface area contributed by atoms with Gasteiger partial charge in [0.2, 0.25) is 13.4 Å². The third-order valence-electron chi connectivity index (χ3n) is 23.7. The maximum Gasteiger partial charge on any atom is 0.248 e. The van der Waals surface area contributed by atoms with E-state index in [1.165, 1.54) is 154 Å². The zero-order valence-corrected chi connectivity index (χ0v) is 62.7. The molecular formula is C106H78B2N2. The molecule has 0 spiro atoms.